The van der Waals surface area contributed by atoms with Gasteiger partial charge in [-0.2, -0.15) is 4.31 Å². The summed E-state index contributed by atoms with van der Waals surface area (Å²) in [5, 5.41) is 0. The van der Waals surface area contributed by atoms with Crippen molar-refractivity contribution in [2.75, 3.05) is 32.8 Å². The summed E-state index contributed by atoms with van der Waals surface area (Å²) in [7, 11) is -3.64. The number of carbonyl (C=O) groups is 1. The van der Waals surface area contributed by atoms with Gasteiger partial charge in [-0.05, 0) is 44.0 Å². The number of benzene rings is 1. The molecule has 162 valence electrons. The summed E-state index contributed by atoms with van der Waals surface area (Å²) < 4.78 is 35.4. The van der Waals surface area contributed by atoms with Gasteiger partial charge in [0.15, 0.2) is 0 Å². The number of carbonyl (C=O) groups excluding carboxylic acids is 1. The number of amides is 1. The van der Waals surface area contributed by atoms with Crippen molar-refractivity contribution in [3.63, 3.8) is 0 Å². The van der Waals surface area contributed by atoms with E-state index in [4.69, 9.17) is 4.74 Å². The first kappa shape index (κ1) is 21.0. The molecule has 2 aromatic rings. The molecular weight excluding hydrogens is 404 g/mol. The van der Waals surface area contributed by atoms with Crippen molar-refractivity contribution in [2.24, 2.45) is 0 Å². The lowest BCUT2D eigenvalue weighted by Crippen LogP contribution is -2.41. The van der Waals surface area contributed by atoms with Crippen LogP contribution in [0.15, 0.2) is 29.3 Å². The molecule has 0 saturated carbocycles. The molecule has 1 atom stereocenters. The van der Waals surface area contributed by atoms with Gasteiger partial charge in [0, 0.05) is 32.4 Å². The van der Waals surface area contributed by atoms with Crippen LogP contribution in [0.5, 0.6) is 0 Å². The molecule has 1 saturated heterocycles. The van der Waals surface area contributed by atoms with Crippen molar-refractivity contribution < 1.29 is 17.9 Å². The fourth-order valence-corrected chi connectivity index (χ4v) is 6.01. The zero-order valence-electron chi connectivity index (χ0n) is 17.7. The first-order valence-electron chi connectivity index (χ1n) is 10.3. The maximum absolute atomic E-state index is 13.3. The number of ether oxygens (including phenoxy) is 1. The summed E-state index contributed by atoms with van der Waals surface area (Å²) in [4.78, 5) is 19.3. The Morgan fingerprint density at radius 3 is 2.43 bits per heavy atom. The minimum Gasteiger partial charge on any atom is -0.378 e. The van der Waals surface area contributed by atoms with Crippen molar-refractivity contribution in [2.45, 2.75) is 44.7 Å². The second-order valence-electron chi connectivity index (χ2n) is 8.07. The molecule has 0 radical (unpaired) electrons. The lowest BCUT2D eigenvalue weighted by atomic mass is 10.2. The molecular formula is C21H28N4O4S. The van der Waals surface area contributed by atoms with E-state index in [0.29, 0.717) is 55.8 Å². The van der Waals surface area contributed by atoms with Gasteiger partial charge in [0.2, 0.25) is 15.9 Å². The van der Waals surface area contributed by atoms with Gasteiger partial charge in [-0.15, -0.1) is 0 Å². The standard InChI is InChI=1S/C21H28N4O4S/c1-15-10-16(2)12-19(11-15)30(27,28)25-5-4-24-14-18(22-21(24)17(25)3)13-20(26)23-6-8-29-9-7-23/h10-12,14,17H,4-9,13H2,1-3H3/t17-/m1/s1. The Labute approximate surface area is 177 Å². The number of hydrogen-bond acceptors (Lipinski definition) is 5. The highest BCUT2D eigenvalue weighted by atomic mass is 32.2. The van der Waals surface area contributed by atoms with Crippen LogP contribution in [0.25, 0.3) is 0 Å². The Kier molecular flexibility index (Phi) is 5.69. The van der Waals surface area contributed by atoms with Crippen LogP contribution < -0.4 is 0 Å². The molecule has 8 nitrogen and oxygen atoms in total. The average Bonchev–Trinajstić information content (AvgIpc) is 3.11. The second kappa shape index (κ2) is 8.13. The molecule has 30 heavy (non-hydrogen) atoms. The van der Waals surface area contributed by atoms with Crippen LogP contribution in [0, 0.1) is 13.8 Å². The van der Waals surface area contributed by atoms with Crippen molar-refractivity contribution >= 4 is 15.9 Å². The summed E-state index contributed by atoms with van der Waals surface area (Å²) in [6, 6.07) is 4.98. The SMILES string of the molecule is Cc1cc(C)cc(S(=O)(=O)N2CCn3cc(CC(=O)N4CCOCC4)nc3[C@H]2C)c1. The normalized spacial score (nSPS) is 20.2. The van der Waals surface area contributed by atoms with Crippen LogP contribution in [-0.4, -0.2) is 65.9 Å². The van der Waals surface area contributed by atoms with Crippen LogP contribution >= 0.6 is 0 Å². The number of imidazole rings is 1. The van der Waals surface area contributed by atoms with Crippen molar-refractivity contribution in [1.82, 2.24) is 18.8 Å². The van der Waals surface area contributed by atoms with E-state index < -0.39 is 16.1 Å². The largest absolute Gasteiger partial charge is 0.378 e. The summed E-state index contributed by atoms with van der Waals surface area (Å²) in [5.41, 5.74) is 2.52. The van der Waals surface area contributed by atoms with E-state index in [2.05, 4.69) is 4.98 Å². The Balaban J connectivity index is 1.55. The number of hydrogen-bond donors (Lipinski definition) is 0. The summed E-state index contributed by atoms with van der Waals surface area (Å²) in [5.74, 6) is 0.708. The molecule has 9 heteroatoms. The molecule has 1 aromatic heterocycles. The molecule has 0 bridgehead atoms. The maximum atomic E-state index is 13.3. The maximum Gasteiger partial charge on any atom is 0.243 e. The molecule has 4 rings (SSSR count). The van der Waals surface area contributed by atoms with Gasteiger partial charge in [0.1, 0.15) is 5.82 Å². The van der Waals surface area contributed by atoms with Gasteiger partial charge in [0.25, 0.3) is 0 Å². The quantitative estimate of drug-likeness (QED) is 0.734. The van der Waals surface area contributed by atoms with Gasteiger partial charge >= 0.3 is 0 Å². The van der Waals surface area contributed by atoms with Crippen LogP contribution in [0.1, 0.15) is 35.6 Å². The smallest absolute Gasteiger partial charge is 0.243 e. The van der Waals surface area contributed by atoms with Crippen molar-refractivity contribution in [1.29, 1.82) is 0 Å². The second-order valence-corrected chi connectivity index (χ2v) is 9.96. The Morgan fingerprint density at radius 2 is 1.77 bits per heavy atom. The molecule has 1 amide bonds. The van der Waals surface area contributed by atoms with E-state index >= 15 is 0 Å². The molecule has 3 heterocycles. The number of aromatic nitrogens is 2. The van der Waals surface area contributed by atoms with Gasteiger partial charge in [-0.25, -0.2) is 13.4 Å². The number of sulfonamides is 1. The Bertz CT molecular complexity index is 1040. The van der Waals surface area contributed by atoms with Crippen LogP contribution in [-0.2, 0) is 32.5 Å². The molecule has 0 unspecified atom stereocenters. The van der Waals surface area contributed by atoms with Gasteiger partial charge < -0.3 is 14.2 Å². The van der Waals surface area contributed by atoms with Crippen molar-refractivity contribution in [3.8, 4) is 0 Å². The molecule has 1 aromatic carbocycles. The van der Waals surface area contributed by atoms with E-state index in [9.17, 15) is 13.2 Å². The van der Waals surface area contributed by atoms with E-state index in [1.54, 1.807) is 17.0 Å². The highest BCUT2D eigenvalue weighted by molar-refractivity contribution is 7.89. The molecule has 0 N–H and O–H groups in total. The molecule has 2 aliphatic rings. The molecule has 0 spiro atoms. The fraction of sp³-hybridized carbons (Fsp3) is 0.524. The average molecular weight is 433 g/mol. The van der Waals surface area contributed by atoms with Crippen molar-refractivity contribution in [3.05, 3.63) is 47.0 Å². The van der Waals surface area contributed by atoms with E-state index in [1.165, 1.54) is 4.31 Å². The predicted octanol–water partition coefficient (Wildman–Crippen LogP) is 1.67. The zero-order chi connectivity index (χ0) is 21.5. The highest BCUT2D eigenvalue weighted by Gasteiger charge is 2.36. The van der Waals surface area contributed by atoms with E-state index in [-0.39, 0.29) is 12.3 Å². The zero-order valence-corrected chi connectivity index (χ0v) is 18.5. The summed E-state index contributed by atoms with van der Waals surface area (Å²) in [6.07, 6.45) is 2.10. The van der Waals surface area contributed by atoms with E-state index in [0.717, 1.165) is 11.1 Å². The minimum atomic E-state index is -3.64. The third kappa shape index (κ3) is 4.01. The summed E-state index contributed by atoms with van der Waals surface area (Å²) in [6.45, 7) is 8.87. The van der Waals surface area contributed by atoms with Crippen LogP contribution in [0.2, 0.25) is 0 Å². The number of fused-ring (bicyclic) bond motifs is 1. The number of nitrogens with zero attached hydrogens (tertiary/aromatic N) is 4. The molecule has 1 fully saturated rings. The number of morpholine rings is 1. The van der Waals surface area contributed by atoms with Gasteiger partial charge in [-0.1, -0.05) is 6.07 Å². The van der Waals surface area contributed by atoms with Gasteiger partial charge in [-0.3, -0.25) is 4.79 Å². The predicted molar refractivity (Wildman–Crippen MR) is 112 cm³/mol. The Hall–Kier alpha value is -2.23. The van der Waals surface area contributed by atoms with Crippen LogP contribution in [0.4, 0.5) is 0 Å². The molecule has 0 aliphatic carbocycles. The topological polar surface area (TPSA) is 84.7 Å². The third-order valence-electron chi connectivity index (χ3n) is 5.72. The number of rotatable bonds is 4. The fourth-order valence-electron chi connectivity index (χ4n) is 4.24. The lowest BCUT2D eigenvalue weighted by molar-refractivity contribution is -0.134. The first-order chi connectivity index (χ1) is 14.3. The third-order valence-corrected chi connectivity index (χ3v) is 7.67. The highest BCUT2D eigenvalue weighted by Crippen LogP contribution is 2.31. The number of aryl methyl sites for hydroxylation is 2. The van der Waals surface area contributed by atoms with Crippen LogP contribution in [0.3, 0.4) is 0 Å². The lowest BCUT2D eigenvalue weighted by Gasteiger charge is -2.32. The monoisotopic (exact) mass is 432 g/mol. The van der Waals surface area contributed by atoms with E-state index in [1.807, 2.05) is 37.6 Å². The Morgan fingerprint density at radius 1 is 1.10 bits per heavy atom. The van der Waals surface area contributed by atoms with Gasteiger partial charge in [0.05, 0.1) is 36.3 Å². The summed E-state index contributed by atoms with van der Waals surface area (Å²) >= 11 is 0. The molecule has 2 aliphatic heterocycles. The first-order valence-corrected chi connectivity index (χ1v) is 11.7. The minimum absolute atomic E-state index is 0.0288.